The monoisotopic (exact) mass is 177 g/mol. The first-order chi connectivity index (χ1) is 5.81. The van der Waals surface area contributed by atoms with Crippen molar-refractivity contribution in [2.24, 2.45) is 5.73 Å². The molecular weight excluding hydrogens is 158 g/mol. The molecule has 0 aromatic carbocycles. The standard InChI is InChI=1S/C8H19NO3/c1-3-12-8(2)6-10-4-5-11-7-9/h8H,3-7,9H2,1-2H3. The van der Waals surface area contributed by atoms with Crippen LogP contribution in [0.15, 0.2) is 0 Å². The van der Waals surface area contributed by atoms with E-state index in [1.165, 1.54) is 0 Å². The molecule has 0 saturated carbocycles. The fourth-order valence-corrected chi connectivity index (χ4v) is 0.783. The maximum Gasteiger partial charge on any atom is 0.0941 e. The molecule has 0 amide bonds. The summed E-state index contributed by atoms with van der Waals surface area (Å²) in [6, 6.07) is 0. The second kappa shape index (κ2) is 8.93. The predicted molar refractivity (Wildman–Crippen MR) is 46.9 cm³/mol. The highest BCUT2D eigenvalue weighted by molar-refractivity contribution is 4.45. The highest BCUT2D eigenvalue weighted by Crippen LogP contribution is 1.90. The van der Waals surface area contributed by atoms with Crippen LogP contribution in [0.5, 0.6) is 0 Å². The Kier molecular flexibility index (Phi) is 8.81. The first-order valence-electron chi connectivity index (χ1n) is 4.28. The van der Waals surface area contributed by atoms with Crippen molar-refractivity contribution in [1.82, 2.24) is 0 Å². The third kappa shape index (κ3) is 7.94. The van der Waals surface area contributed by atoms with Crippen molar-refractivity contribution in [3.8, 4) is 0 Å². The lowest BCUT2D eigenvalue weighted by molar-refractivity contribution is -0.0191. The Bertz CT molecular complexity index is 90.4. The van der Waals surface area contributed by atoms with Crippen molar-refractivity contribution in [3.63, 3.8) is 0 Å². The molecule has 12 heavy (non-hydrogen) atoms. The molecule has 4 heteroatoms. The summed E-state index contributed by atoms with van der Waals surface area (Å²) in [5, 5.41) is 0. The van der Waals surface area contributed by atoms with Crippen LogP contribution in [0, 0.1) is 0 Å². The minimum Gasteiger partial charge on any atom is -0.376 e. The minimum atomic E-state index is 0.160. The van der Waals surface area contributed by atoms with Crippen LogP contribution in [0.4, 0.5) is 0 Å². The third-order valence-corrected chi connectivity index (χ3v) is 1.29. The average molecular weight is 177 g/mol. The van der Waals surface area contributed by atoms with Gasteiger partial charge >= 0.3 is 0 Å². The highest BCUT2D eigenvalue weighted by Gasteiger charge is 1.99. The summed E-state index contributed by atoms with van der Waals surface area (Å²) in [4.78, 5) is 0. The minimum absolute atomic E-state index is 0.160. The smallest absolute Gasteiger partial charge is 0.0941 e. The lowest BCUT2D eigenvalue weighted by atomic mass is 10.4. The summed E-state index contributed by atoms with van der Waals surface area (Å²) in [6.45, 7) is 6.67. The first-order valence-corrected chi connectivity index (χ1v) is 4.28. The van der Waals surface area contributed by atoms with Crippen molar-refractivity contribution < 1.29 is 14.2 Å². The van der Waals surface area contributed by atoms with Gasteiger partial charge in [-0.2, -0.15) is 0 Å². The maximum atomic E-state index is 5.26. The topological polar surface area (TPSA) is 53.7 Å². The zero-order chi connectivity index (χ0) is 9.23. The molecule has 0 rings (SSSR count). The molecule has 0 bridgehead atoms. The lowest BCUT2D eigenvalue weighted by Gasteiger charge is -2.11. The van der Waals surface area contributed by atoms with E-state index in [1.807, 2.05) is 13.8 Å². The van der Waals surface area contributed by atoms with E-state index in [1.54, 1.807) is 0 Å². The van der Waals surface area contributed by atoms with Crippen molar-refractivity contribution >= 4 is 0 Å². The summed E-state index contributed by atoms with van der Waals surface area (Å²) in [7, 11) is 0. The van der Waals surface area contributed by atoms with E-state index in [2.05, 4.69) is 0 Å². The fraction of sp³-hybridized carbons (Fsp3) is 1.00. The molecule has 0 saturated heterocycles. The molecule has 4 nitrogen and oxygen atoms in total. The van der Waals surface area contributed by atoms with Gasteiger partial charge in [-0.05, 0) is 13.8 Å². The highest BCUT2D eigenvalue weighted by atomic mass is 16.5. The predicted octanol–water partition coefficient (Wildman–Crippen LogP) is 0.361. The number of nitrogens with two attached hydrogens (primary N) is 1. The van der Waals surface area contributed by atoms with E-state index in [4.69, 9.17) is 19.9 Å². The van der Waals surface area contributed by atoms with Gasteiger partial charge < -0.3 is 19.9 Å². The number of rotatable bonds is 8. The summed E-state index contributed by atoms with van der Waals surface area (Å²) in [5.74, 6) is 0. The van der Waals surface area contributed by atoms with E-state index in [0.717, 1.165) is 6.61 Å². The van der Waals surface area contributed by atoms with E-state index >= 15 is 0 Å². The zero-order valence-corrected chi connectivity index (χ0v) is 7.91. The van der Waals surface area contributed by atoms with Gasteiger partial charge in [-0.25, -0.2) is 0 Å². The van der Waals surface area contributed by atoms with Crippen molar-refractivity contribution in [2.75, 3.05) is 33.2 Å². The molecule has 0 aliphatic rings. The molecule has 2 N–H and O–H groups in total. The van der Waals surface area contributed by atoms with Crippen LogP contribution in [0.1, 0.15) is 13.8 Å². The summed E-state index contributed by atoms with van der Waals surface area (Å²) in [5.41, 5.74) is 5.12. The maximum absolute atomic E-state index is 5.26. The van der Waals surface area contributed by atoms with Gasteiger partial charge in [0.2, 0.25) is 0 Å². The van der Waals surface area contributed by atoms with E-state index in [0.29, 0.717) is 19.8 Å². The Morgan fingerprint density at radius 2 is 1.92 bits per heavy atom. The van der Waals surface area contributed by atoms with E-state index in [9.17, 15) is 0 Å². The van der Waals surface area contributed by atoms with Gasteiger partial charge in [-0.15, -0.1) is 0 Å². The lowest BCUT2D eigenvalue weighted by Crippen LogP contribution is -2.18. The average Bonchev–Trinajstić information content (AvgIpc) is 2.05. The molecular formula is C8H19NO3. The Morgan fingerprint density at radius 1 is 1.25 bits per heavy atom. The Hall–Kier alpha value is -0.160. The Morgan fingerprint density at radius 3 is 2.50 bits per heavy atom. The van der Waals surface area contributed by atoms with Gasteiger partial charge in [0.25, 0.3) is 0 Å². The Labute approximate surface area is 74.0 Å². The molecule has 0 spiro atoms. The normalized spacial score (nSPS) is 13.2. The van der Waals surface area contributed by atoms with Gasteiger partial charge in [0, 0.05) is 6.61 Å². The molecule has 0 aromatic heterocycles. The molecule has 1 unspecified atom stereocenters. The fourth-order valence-electron chi connectivity index (χ4n) is 0.783. The van der Waals surface area contributed by atoms with Gasteiger partial charge in [0.05, 0.1) is 32.7 Å². The molecule has 74 valence electrons. The molecule has 0 aromatic rings. The van der Waals surface area contributed by atoms with Crippen LogP contribution in [-0.2, 0) is 14.2 Å². The SMILES string of the molecule is CCOC(C)COCCOCN. The van der Waals surface area contributed by atoms with Crippen LogP contribution in [-0.4, -0.2) is 39.3 Å². The second-order valence-electron chi connectivity index (χ2n) is 2.42. The number of hydrogen-bond acceptors (Lipinski definition) is 4. The summed E-state index contributed by atoms with van der Waals surface area (Å²) in [6.07, 6.45) is 0.160. The van der Waals surface area contributed by atoms with Crippen molar-refractivity contribution in [1.29, 1.82) is 0 Å². The van der Waals surface area contributed by atoms with Gasteiger partial charge in [0.1, 0.15) is 0 Å². The molecule has 0 heterocycles. The van der Waals surface area contributed by atoms with Crippen LogP contribution in [0.2, 0.25) is 0 Å². The Balaban J connectivity index is 2.97. The molecule has 0 radical (unpaired) electrons. The van der Waals surface area contributed by atoms with Crippen molar-refractivity contribution in [3.05, 3.63) is 0 Å². The molecule has 0 aliphatic heterocycles. The second-order valence-corrected chi connectivity index (χ2v) is 2.42. The third-order valence-electron chi connectivity index (χ3n) is 1.29. The van der Waals surface area contributed by atoms with Gasteiger partial charge in [0.15, 0.2) is 0 Å². The quantitative estimate of drug-likeness (QED) is 0.429. The van der Waals surface area contributed by atoms with E-state index in [-0.39, 0.29) is 12.8 Å². The van der Waals surface area contributed by atoms with Crippen LogP contribution in [0.3, 0.4) is 0 Å². The summed E-state index contributed by atoms with van der Waals surface area (Å²) >= 11 is 0. The summed E-state index contributed by atoms with van der Waals surface area (Å²) < 4.78 is 15.4. The zero-order valence-electron chi connectivity index (χ0n) is 7.91. The van der Waals surface area contributed by atoms with Gasteiger partial charge in [-0.1, -0.05) is 0 Å². The van der Waals surface area contributed by atoms with Crippen LogP contribution in [0.25, 0.3) is 0 Å². The molecule has 0 fully saturated rings. The van der Waals surface area contributed by atoms with Crippen molar-refractivity contribution in [2.45, 2.75) is 20.0 Å². The number of hydrogen-bond donors (Lipinski definition) is 1. The van der Waals surface area contributed by atoms with Gasteiger partial charge in [-0.3, -0.25) is 0 Å². The van der Waals surface area contributed by atoms with E-state index < -0.39 is 0 Å². The van der Waals surface area contributed by atoms with Crippen LogP contribution >= 0.6 is 0 Å². The molecule has 1 atom stereocenters. The number of ether oxygens (including phenoxy) is 3. The largest absolute Gasteiger partial charge is 0.376 e. The van der Waals surface area contributed by atoms with Crippen LogP contribution < -0.4 is 5.73 Å². The first kappa shape index (κ1) is 11.8. The molecule has 0 aliphatic carbocycles.